The van der Waals surface area contributed by atoms with Crippen molar-refractivity contribution in [2.24, 2.45) is 0 Å². The van der Waals surface area contributed by atoms with Crippen molar-refractivity contribution in [3.63, 3.8) is 0 Å². The third-order valence-corrected chi connectivity index (χ3v) is 5.82. The van der Waals surface area contributed by atoms with Gasteiger partial charge in [-0.3, -0.25) is 4.79 Å². The Bertz CT molecular complexity index is 911. The monoisotopic (exact) mass is 376 g/mol. The first-order chi connectivity index (χ1) is 12.4. The molecule has 0 atom stereocenters. The zero-order valence-electron chi connectivity index (χ0n) is 14.5. The third kappa shape index (κ3) is 4.11. The number of halogens is 1. The second-order valence-corrected chi connectivity index (χ2v) is 8.05. The molecule has 1 N–H and O–H groups in total. The van der Waals surface area contributed by atoms with Gasteiger partial charge >= 0.3 is 0 Å². The van der Waals surface area contributed by atoms with Crippen molar-refractivity contribution in [2.45, 2.75) is 37.2 Å². The fourth-order valence-electron chi connectivity index (χ4n) is 2.80. The lowest BCUT2D eigenvalue weighted by Crippen LogP contribution is -2.33. The Balaban J connectivity index is 1.88. The smallest absolute Gasteiger partial charge is 0.254 e. The van der Waals surface area contributed by atoms with Crippen molar-refractivity contribution in [1.82, 2.24) is 9.62 Å². The number of sulfonamides is 1. The Labute approximate surface area is 152 Å². The lowest BCUT2D eigenvalue weighted by atomic mass is 10.1. The van der Waals surface area contributed by atoms with E-state index in [-0.39, 0.29) is 41.3 Å². The summed E-state index contributed by atoms with van der Waals surface area (Å²) < 4.78 is 40.7. The van der Waals surface area contributed by atoms with Crippen LogP contribution in [0.25, 0.3) is 0 Å². The van der Waals surface area contributed by atoms with Gasteiger partial charge in [0.15, 0.2) is 0 Å². The minimum Gasteiger partial charge on any atom is -0.331 e. The van der Waals surface area contributed by atoms with Crippen LogP contribution in [0.4, 0.5) is 4.39 Å². The van der Waals surface area contributed by atoms with Crippen LogP contribution in [0, 0.1) is 5.82 Å². The van der Waals surface area contributed by atoms with Crippen molar-refractivity contribution >= 4 is 15.9 Å². The molecule has 1 saturated carbocycles. The fraction of sp³-hybridized carbons (Fsp3) is 0.316. The molecule has 1 fully saturated rings. The number of hydrogen-bond donors (Lipinski definition) is 1. The van der Waals surface area contributed by atoms with Gasteiger partial charge in [-0.15, -0.1) is 0 Å². The minimum atomic E-state index is -3.64. The summed E-state index contributed by atoms with van der Waals surface area (Å²) in [5, 5.41) is 0. The van der Waals surface area contributed by atoms with Gasteiger partial charge in [-0.2, -0.15) is 0 Å². The molecule has 0 bridgehead atoms. The first-order valence-electron chi connectivity index (χ1n) is 8.56. The molecule has 2 aromatic rings. The Morgan fingerprint density at radius 1 is 1.19 bits per heavy atom. The van der Waals surface area contributed by atoms with Crippen molar-refractivity contribution < 1.29 is 17.6 Å². The van der Waals surface area contributed by atoms with Crippen molar-refractivity contribution in [1.29, 1.82) is 0 Å². The molecule has 0 unspecified atom stereocenters. The molecular weight excluding hydrogens is 355 g/mol. The SMILES string of the molecule is CCNS(=O)(=O)c1cccc(C(=O)N(Cc2ccccc2F)C2CC2)c1. The van der Waals surface area contributed by atoms with Crippen LogP contribution in [-0.4, -0.2) is 31.8 Å². The number of benzene rings is 2. The average Bonchev–Trinajstić information content (AvgIpc) is 3.45. The normalized spacial score (nSPS) is 14.2. The fourth-order valence-corrected chi connectivity index (χ4v) is 3.89. The van der Waals surface area contributed by atoms with Crippen LogP contribution in [-0.2, 0) is 16.6 Å². The molecule has 5 nitrogen and oxygen atoms in total. The highest BCUT2D eigenvalue weighted by Gasteiger charge is 2.33. The number of rotatable bonds is 7. The highest BCUT2D eigenvalue weighted by molar-refractivity contribution is 7.89. The maximum Gasteiger partial charge on any atom is 0.254 e. The van der Waals surface area contributed by atoms with E-state index < -0.39 is 10.0 Å². The summed E-state index contributed by atoms with van der Waals surface area (Å²) in [5.41, 5.74) is 0.733. The van der Waals surface area contributed by atoms with E-state index in [9.17, 15) is 17.6 Å². The molecule has 1 amide bonds. The lowest BCUT2D eigenvalue weighted by Gasteiger charge is -2.23. The van der Waals surface area contributed by atoms with Crippen LogP contribution in [0.1, 0.15) is 35.7 Å². The molecule has 0 aromatic heterocycles. The van der Waals surface area contributed by atoms with Crippen LogP contribution >= 0.6 is 0 Å². The third-order valence-electron chi connectivity index (χ3n) is 4.27. The highest BCUT2D eigenvalue weighted by Crippen LogP contribution is 2.30. The molecule has 26 heavy (non-hydrogen) atoms. The molecule has 1 aliphatic carbocycles. The second-order valence-electron chi connectivity index (χ2n) is 6.28. The predicted octanol–water partition coefficient (Wildman–Crippen LogP) is 2.93. The number of carbonyl (C=O) groups excluding carboxylic acids is 1. The van der Waals surface area contributed by atoms with E-state index in [1.165, 1.54) is 18.2 Å². The summed E-state index contributed by atoms with van der Waals surface area (Å²) in [6.45, 7) is 2.12. The standard InChI is InChI=1S/C19H21FN2O3S/c1-2-21-26(24,25)17-8-5-7-14(12-17)19(23)22(16-10-11-16)13-15-6-3-4-9-18(15)20/h3-9,12,16,21H,2,10-11,13H2,1H3. The molecule has 0 aliphatic heterocycles. The maximum atomic E-state index is 14.0. The molecule has 0 saturated heterocycles. The summed E-state index contributed by atoms with van der Waals surface area (Å²) in [4.78, 5) is 14.6. The Morgan fingerprint density at radius 2 is 1.92 bits per heavy atom. The van der Waals surface area contributed by atoms with Gasteiger partial charge in [-0.05, 0) is 37.1 Å². The number of hydrogen-bond acceptors (Lipinski definition) is 3. The predicted molar refractivity (Wildman–Crippen MR) is 96.6 cm³/mol. The zero-order valence-corrected chi connectivity index (χ0v) is 15.3. The Morgan fingerprint density at radius 3 is 2.58 bits per heavy atom. The van der Waals surface area contributed by atoms with Gasteiger partial charge < -0.3 is 4.90 Å². The van der Waals surface area contributed by atoms with Gasteiger partial charge in [0.05, 0.1) is 4.90 Å². The maximum absolute atomic E-state index is 14.0. The molecule has 0 radical (unpaired) electrons. The first-order valence-corrected chi connectivity index (χ1v) is 10.0. The second kappa shape index (κ2) is 7.55. The summed E-state index contributed by atoms with van der Waals surface area (Å²) in [6.07, 6.45) is 1.74. The van der Waals surface area contributed by atoms with Gasteiger partial charge in [0, 0.05) is 30.3 Å². The molecule has 3 rings (SSSR count). The number of amides is 1. The number of nitrogens with zero attached hydrogens (tertiary/aromatic N) is 1. The van der Waals surface area contributed by atoms with E-state index in [1.54, 1.807) is 42.2 Å². The Hall–Kier alpha value is -2.25. The summed E-state index contributed by atoms with van der Waals surface area (Å²) in [6, 6.07) is 12.4. The van der Waals surface area contributed by atoms with E-state index in [0.717, 1.165) is 12.8 Å². The number of carbonyl (C=O) groups is 1. The van der Waals surface area contributed by atoms with Crippen LogP contribution < -0.4 is 4.72 Å². The highest BCUT2D eigenvalue weighted by atomic mass is 32.2. The van der Waals surface area contributed by atoms with E-state index >= 15 is 0 Å². The van der Waals surface area contributed by atoms with Crippen molar-refractivity contribution in [2.75, 3.05) is 6.54 Å². The van der Waals surface area contributed by atoms with Crippen LogP contribution in [0.3, 0.4) is 0 Å². The van der Waals surface area contributed by atoms with E-state index in [1.807, 2.05) is 0 Å². The quantitative estimate of drug-likeness (QED) is 0.808. The van der Waals surface area contributed by atoms with Crippen molar-refractivity contribution in [3.05, 3.63) is 65.5 Å². The average molecular weight is 376 g/mol. The first kappa shape index (κ1) is 18.5. The molecule has 2 aromatic carbocycles. The molecule has 7 heteroatoms. The summed E-state index contributed by atoms with van der Waals surface area (Å²) >= 11 is 0. The topological polar surface area (TPSA) is 66.5 Å². The van der Waals surface area contributed by atoms with Crippen LogP contribution in [0.2, 0.25) is 0 Å². The van der Waals surface area contributed by atoms with Gasteiger partial charge in [0.2, 0.25) is 10.0 Å². The van der Waals surface area contributed by atoms with Gasteiger partial charge in [0.25, 0.3) is 5.91 Å². The summed E-state index contributed by atoms with van der Waals surface area (Å²) in [7, 11) is -3.64. The van der Waals surface area contributed by atoms with Crippen LogP contribution in [0.5, 0.6) is 0 Å². The van der Waals surface area contributed by atoms with Crippen molar-refractivity contribution in [3.8, 4) is 0 Å². The molecule has 138 valence electrons. The zero-order chi connectivity index (χ0) is 18.7. The van der Waals surface area contributed by atoms with Gasteiger partial charge in [-0.25, -0.2) is 17.5 Å². The minimum absolute atomic E-state index is 0.0480. The molecule has 0 heterocycles. The lowest BCUT2D eigenvalue weighted by molar-refractivity contribution is 0.0728. The van der Waals surface area contributed by atoms with E-state index in [0.29, 0.717) is 5.56 Å². The van der Waals surface area contributed by atoms with E-state index in [4.69, 9.17) is 0 Å². The largest absolute Gasteiger partial charge is 0.331 e. The van der Waals surface area contributed by atoms with Gasteiger partial charge in [0.1, 0.15) is 5.82 Å². The van der Waals surface area contributed by atoms with E-state index in [2.05, 4.69) is 4.72 Å². The molecule has 0 spiro atoms. The molecular formula is C19H21FN2O3S. The van der Waals surface area contributed by atoms with Crippen LogP contribution in [0.15, 0.2) is 53.4 Å². The number of nitrogens with one attached hydrogen (secondary N) is 1. The van der Waals surface area contributed by atoms with Gasteiger partial charge in [-0.1, -0.05) is 31.2 Å². The Kier molecular flexibility index (Phi) is 5.38. The summed E-state index contributed by atoms with van der Waals surface area (Å²) in [5.74, 6) is -0.640. The molecule has 1 aliphatic rings.